The molecule has 106 valence electrons. The zero-order chi connectivity index (χ0) is 14.8. The van der Waals surface area contributed by atoms with Crippen molar-refractivity contribution in [1.82, 2.24) is 9.97 Å². The first kappa shape index (κ1) is 14.5. The Kier molecular flexibility index (Phi) is 4.07. The van der Waals surface area contributed by atoms with E-state index in [0.29, 0.717) is 0 Å². The first-order valence-electron chi connectivity index (χ1n) is 7.10. The maximum Gasteiger partial charge on any atom is 0.161 e. The fourth-order valence-corrected chi connectivity index (χ4v) is 2.02. The van der Waals surface area contributed by atoms with Gasteiger partial charge in [0.2, 0.25) is 0 Å². The Morgan fingerprint density at radius 3 is 2.45 bits per heavy atom. The molecule has 0 saturated carbocycles. The Bertz CT molecular complexity index is 597. The lowest BCUT2D eigenvalue weighted by atomic mass is 9.91. The van der Waals surface area contributed by atoms with Crippen LogP contribution in [0, 0.1) is 6.92 Å². The maximum atomic E-state index is 4.75. The van der Waals surface area contributed by atoms with Gasteiger partial charge in [-0.05, 0) is 19.9 Å². The molecule has 0 bridgehead atoms. The summed E-state index contributed by atoms with van der Waals surface area (Å²) in [5, 5.41) is 3.29. The molecule has 0 atom stereocenters. The standard InChI is InChI=1S/C17H23N3/c1-6-18-15-11-14(17(3,4)5)19-16(20-15)13-9-7-8-12(2)10-13/h7-11H,6H2,1-5H3,(H,18,19,20). The molecule has 1 aromatic carbocycles. The molecule has 0 saturated heterocycles. The van der Waals surface area contributed by atoms with Gasteiger partial charge < -0.3 is 5.32 Å². The van der Waals surface area contributed by atoms with Crippen LogP contribution in [0.2, 0.25) is 0 Å². The number of nitrogens with one attached hydrogen (secondary N) is 1. The first-order valence-corrected chi connectivity index (χ1v) is 7.10. The highest BCUT2D eigenvalue weighted by Gasteiger charge is 2.18. The van der Waals surface area contributed by atoms with Crippen LogP contribution in [0.4, 0.5) is 5.82 Å². The van der Waals surface area contributed by atoms with E-state index in [2.05, 4.69) is 63.1 Å². The number of aromatic nitrogens is 2. The van der Waals surface area contributed by atoms with Crippen molar-refractivity contribution < 1.29 is 0 Å². The van der Waals surface area contributed by atoms with E-state index in [-0.39, 0.29) is 5.41 Å². The lowest BCUT2D eigenvalue weighted by molar-refractivity contribution is 0.568. The smallest absolute Gasteiger partial charge is 0.161 e. The van der Waals surface area contributed by atoms with Crippen molar-refractivity contribution in [2.24, 2.45) is 0 Å². The first-order chi connectivity index (χ1) is 9.40. The summed E-state index contributed by atoms with van der Waals surface area (Å²) in [6.45, 7) is 11.5. The topological polar surface area (TPSA) is 37.8 Å². The largest absolute Gasteiger partial charge is 0.370 e. The summed E-state index contributed by atoms with van der Waals surface area (Å²) in [6, 6.07) is 10.4. The Balaban J connectivity index is 2.54. The predicted molar refractivity (Wildman–Crippen MR) is 85.1 cm³/mol. The summed E-state index contributed by atoms with van der Waals surface area (Å²) in [6.07, 6.45) is 0. The molecule has 0 radical (unpaired) electrons. The summed E-state index contributed by atoms with van der Waals surface area (Å²) < 4.78 is 0. The van der Waals surface area contributed by atoms with Crippen molar-refractivity contribution in [3.8, 4) is 11.4 Å². The van der Waals surface area contributed by atoms with Gasteiger partial charge in [-0.15, -0.1) is 0 Å². The highest BCUT2D eigenvalue weighted by molar-refractivity contribution is 5.59. The number of anilines is 1. The molecule has 20 heavy (non-hydrogen) atoms. The molecule has 2 rings (SSSR count). The molecule has 1 heterocycles. The molecule has 2 aromatic rings. The summed E-state index contributed by atoms with van der Waals surface area (Å²) in [5.41, 5.74) is 3.35. The quantitative estimate of drug-likeness (QED) is 0.908. The van der Waals surface area contributed by atoms with Crippen molar-refractivity contribution in [3.05, 3.63) is 41.6 Å². The molecule has 0 aliphatic heterocycles. The molecule has 0 amide bonds. The minimum atomic E-state index is 0.00564. The van der Waals surface area contributed by atoms with Crippen molar-refractivity contribution in [1.29, 1.82) is 0 Å². The number of hydrogen-bond donors (Lipinski definition) is 1. The molecular formula is C17H23N3. The molecule has 1 N–H and O–H groups in total. The van der Waals surface area contributed by atoms with E-state index >= 15 is 0 Å². The van der Waals surface area contributed by atoms with E-state index in [1.165, 1.54) is 5.56 Å². The average molecular weight is 269 g/mol. The highest BCUT2D eigenvalue weighted by Crippen LogP contribution is 2.26. The van der Waals surface area contributed by atoms with Crippen LogP contribution in [0.25, 0.3) is 11.4 Å². The van der Waals surface area contributed by atoms with Crippen molar-refractivity contribution in [3.63, 3.8) is 0 Å². The van der Waals surface area contributed by atoms with E-state index in [1.54, 1.807) is 0 Å². The molecule has 0 unspecified atom stereocenters. The SMILES string of the molecule is CCNc1cc(C(C)(C)C)nc(-c2cccc(C)c2)n1. The zero-order valence-electron chi connectivity index (χ0n) is 13.0. The van der Waals surface area contributed by atoms with Gasteiger partial charge in [-0.25, -0.2) is 9.97 Å². The number of rotatable bonds is 3. The van der Waals surface area contributed by atoms with Gasteiger partial charge in [0.25, 0.3) is 0 Å². The average Bonchev–Trinajstić information content (AvgIpc) is 2.38. The molecule has 0 aliphatic carbocycles. The summed E-state index contributed by atoms with van der Waals surface area (Å²) in [4.78, 5) is 9.37. The van der Waals surface area contributed by atoms with Gasteiger partial charge >= 0.3 is 0 Å². The van der Waals surface area contributed by atoms with Gasteiger partial charge in [0, 0.05) is 23.6 Å². The van der Waals surface area contributed by atoms with Crippen LogP contribution in [0.15, 0.2) is 30.3 Å². The lowest BCUT2D eigenvalue weighted by Gasteiger charge is -2.19. The monoisotopic (exact) mass is 269 g/mol. The van der Waals surface area contributed by atoms with Crippen LogP contribution in [-0.4, -0.2) is 16.5 Å². The third-order valence-electron chi connectivity index (χ3n) is 3.13. The van der Waals surface area contributed by atoms with Crippen LogP contribution in [0.1, 0.15) is 39.0 Å². The molecule has 1 aromatic heterocycles. The van der Waals surface area contributed by atoms with E-state index in [0.717, 1.165) is 29.4 Å². The fraction of sp³-hybridized carbons (Fsp3) is 0.412. The van der Waals surface area contributed by atoms with E-state index < -0.39 is 0 Å². The van der Waals surface area contributed by atoms with Crippen LogP contribution in [-0.2, 0) is 5.41 Å². The van der Waals surface area contributed by atoms with Crippen LogP contribution < -0.4 is 5.32 Å². The Morgan fingerprint density at radius 2 is 1.85 bits per heavy atom. The third kappa shape index (κ3) is 3.35. The summed E-state index contributed by atoms with van der Waals surface area (Å²) in [5.74, 6) is 1.68. The van der Waals surface area contributed by atoms with Gasteiger partial charge in [0.1, 0.15) is 5.82 Å². The van der Waals surface area contributed by atoms with E-state index in [1.807, 2.05) is 12.1 Å². The van der Waals surface area contributed by atoms with Crippen molar-refractivity contribution in [2.75, 3.05) is 11.9 Å². The normalized spacial score (nSPS) is 11.4. The fourth-order valence-electron chi connectivity index (χ4n) is 2.02. The zero-order valence-corrected chi connectivity index (χ0v) is 13.0. The van der Waals surface area contributed by atoms with Gasteiger partial charge in [-0.2, -0.15) is 0 Å². The van der Waals surface area contributed by atoms with Gasteiger partial charge in [-0.1, -0.05) is 44.5 Å². The molecule has 0 aliphatic rings. The minimum absolute atomic E-state index is 0.00564. The van der Waals surface area contributed by atoms with Crippen LogP contribution in [0.5, 0.6) is 0 Å². The lowest BCUT2D eigenvalue weighted by Crippen LogP contribution is -2.16. The number of hydrogen-bond acceptors (Lipinski definition) is 3. The number of nitrogens with zero attached hydrogens (tertiary/aromatic N) is 2. The van der Waals surface area contributed by atoms with Crippen molar-refractivity contribution >= 4 is 5.82 Å². The molecule has 0 fully saturated rings. The van der Waals surface area contributed by atoms with E-state index in [9.17, 15) is 0 Å². The predicted octanol–water partition coefficient (Wildman–Crippen LogP) is 4.18. The van der Waals surface area contributed by atoms with Crippen molar-refractivity contribution in [2.45, 2.75) is 40.0 Å². The maximum absolute atomic E-state index is 4.75. The van der Waals surface area contributed by atoms with Gasteiger partial charge in [0.05, 0.1) is 5.69 Å². The summed E-state index contributed by atoms with van der Waals surface area (Å²) >= 11 is 0. The second kappa shape index (κ2) is 5.61. The Morgan fingerprint density at radius 1 is 1.10 bits per heavy atom. The highest BCUT2D eigenvalue weighted by atomic mass is 15.0. The van der Waals surface area contributed by atoms with E-state index in [4.69, 9.17) is 4.98 Å². The van der Waals surface area contributed by atoms with Crippen LogP contribution >= 0.6 is 0 Å². The summed E-state index contributed by atoms with van der Waals surface area (Å²) in [7, 11) is 0. The number of benzene rings is 1. The Hall–Kier alpha value is -1.90. The molecule has 3 heteroatoms. The van der Waals surface area contributed by atoms with Gasteiger partial charge in [0.15, 0.2) is 5.82 Å². The third-order valence-corrected chi connectivity index (χ3v) is 3.13. The second-order valence-corrected chi connectivity index (χ2v) is 6.11. The second-order valence-electron chi connectivity index (χ2n) is 6.11. The molecule has 3 nitrogen and oxygen atoms in total. The number of aryl methyl sites for hydroxylation is 1. The minimum Gasteiger partial charge on any atom is -0.370 e. The van der Waals surface area contributed by atoms with Gasteiger partial charge in [-0.3, -0.25) is 0 Å². The molecular weight excluding hydrogens is 246 g/mol. The van der Waals surface area contributed by atoms with Crippen LogP contribution in [0.3, 0.4) is 0 Å². The molecule has 0 spiro atoms. The Labute approximate surface area is 121 Å².